The molecule has 2 aliphatic rings. The maximum atomic E-state index is 12.8. The van der Waals surface area contributed by atoms with Gasteiger partial charge < -0.3 is 9.84 Å². The molecule has 0 fully saturated rings. The van der Waals surface area contributed by atoms with E-state index >= 15 is 0 Å². The van der Waals surface area contributed by atoms with Crippen LogP contribution in [0.4, 0.5) is 5.69 Å². The van der Waals surface area contributed by atoms with Crippen LogP contribution in [0.3, 0.4) is 0 Å². The minimum absolute atomic E-state index is 0.0615. The average Bonchev–Trinajstić information content (AvgIpc) is 2.95. The molecule has 24 heavy (non-hydrogen) atoms. The molecule has 0 aromatic heterocycles. The molecule has 2 aromatic carbocycles. The standard InChI is InChI=1S/C18H15NO5/c1-9(2)10-6-7-11-14(8-10)24-18(21)12-4-3-5-13(19(22)23)15(12)17(20)16(11)18/h3-9,16,21H,1-2H3. The number of fused-ring (bicyclic) bond motifs is 5. The Labute approximate surface area is 137 Å². The van der Waals surface area contributed by atoms with Crippen molar-refractivity contribution in [1.29, 1.82) is 0 Å². The fourth-order valence-corrected chi connectivity index (χ4v) is 3.60. The predicted octanol–water partition coefficient (Wildman–Crippen LogP) is 3.24. The van der Waals surface area contributed by atoms with Crippen molar-refractivity contribution in [1.82, 2.24) is 0 Å². The summed E-state index contributed by atoms with van der Waals surface area (Å²) in [5.41, 5.74) is 1.40. The molecular weight excluding hydrogens is 310 g/mol. The molecule has 6 heteroatoms. The maximum Gasteiger partial charge on any atom is 0.280 e. The van der Waals surface area contributed by atoms with Gasteiger partial charge in [0.05, 0.1) is 4.92 Å². The van der Waals surface area contributed by atoms with Gasteiger partial charge in [-0.25, -0.2) is 0 Å². The van der Waals surface area contributed by atoms with Crippen molar-refractivity contribution < 1.29 is 19.6 Å². The number of nitrogens with zero attached hydrogens (tertiary/aromatic N) is 1. The normalized spacial score (nSPS) is 23.7. The first-order valence-corrected chi connectivity index (χ1v) is 7.72. The van der Waals surface area contributed by atoms with Gasteiger partial charge in [0.1, 0.15) is 17.2 Å². The van der Waals surface area contributed by atoms with Gasteiger partial charge in [-0.2, -0.15) is 0 Å². The van der Waals surface area contributed by atoms with Crippen LogP contribution in [-0.4, -0.2) is 15.8 Å². The molecule has 4 rings (SSSR count). The summed E-state index contributed by atoms with van der Waals surface area (Å²) in [6, 6.07) is 9.71. The van der Waals surface area contributed by atoms with Gasteiger partial charge >= 0.3 is 0 Å². The van der Waals surface area contributed by atoms with E-state index in [1.165, 1.54) is 18.2 Å². The van der Waals surface area contributed by atoms with Crippen molar-refractivity contribution in [3.63, 3.8) is 0 Å². The van der Waals surface area contributed by atoms with Crippen molar-refractivity contribution in [3.05, 3.63) is 68.8 Å². The second-order valence-corrected chi connectivity index (χ2v) is 6.50. The van der Waals surface area contributed by atoms with Crippen LogP contribution in [0.2, 0.25) is 0 Å². The first kappa shape index (κ1) is 14.8. The highest BCUT2D eigenvalue weighted by molar-refractivity contribution is 6.10. The van der Waals surface area contributed by atoms with Gasteiger partial charge in [-0.15, -0.1) is 0 Å². The van der Waals surface area contributed by atoms with Crippen LogP contribution in [0.5, 0.6) is 5.75 Å². The molecule has 122 valence electrons. The first-order chi connectivity index (χ1) is 11.3. The summed E-state index contributed by atoms with van der Waals surface area (Å²) >= 11 is 0. The largest absolute Gasteiger partial charge is 0.457 e. The second kappa shape index (κ2) is 4.64. The highest BCUT2D eigenvalue weighted by Crippen LogP contribution is 2.57. The van der Waals surface area contributed by atoms with E-state index in [-0.39, 0.29) is 22.7 Å². The van der Waals surface area contributed by atoms with E-state index in [4.69, 9.17) is 4.74 Å². The summed E-state index contributed by atoms with van der Waals surface area (Å²) in [7, 11) is 0. The number of nitro groups is 1. The van der Waals surface area contributed by atoms with Crippen molar-refractivity contribution >= 4 is 11.5 Å². The number of rotatable bonds is 2. The molecule has 0 bridgehead atoms. The van der Waals surface area contributed by atoms with Gasteiger partial charge in [0.2, 0.25) is 5.79 Å². The number of Topliss-reactive ketones (excluding diaryl/α,β-unsaturated/α-hetero) is 1. The van der Waals surface area contributed by atoms with E-state index in [0.717, 1.165) is 5.56 Å². The minimum Gasteiger partial charge on any atom is -0.457 e. The number of carbonyl (C=O) groups excluding carboxylic acids is 1. The quantitative estimate of drug-likeness (QED) is 0.676. The Balaban J connectivity index is 1.91. The molecule has 6 nitrogen and oxygen atoms in total. The summed E-state index contributed by atoms with van der Waals surface area (Å²) in [5, 5.41) is 22.3. The lowest BCUT2D eigenvalue weighted by molar-refractivity contribution is -0.385. The summed E-state index contributed by atoms with van der Waals surface area (Å²) in [6.45, 7) is 4.08. The summed E-state index contributed by atoms with van der Waals surface area (Å²) in [6.07, 6.45) is 0. The SMILES string of the molecule is CC(C)c1ccc2c(c1)OC1(O)c3cccc([N+](=O)[O-])c3C(=O)C21. The molecule has 2 atom stereocenters. The first-order valence-electron chi connectivity index (χ1n) is 7.72. The van der Waals surface area contributed by atoms with Crippen molar-refractivity contribution in [3.8, 4) is 5.75 Å². The molecule has 0 saturated carbocycles. The van der Waals surface area contributed by atoms with Crippen LogP contribution >= 0.6 is 0 Å². The third-order valence-corrected chi connectivity index (χ3v) is 4.81. The van der Waals surface area contributed by atoms with Crippen molar-refractivity contribution in [2.75, 3.05) is 0 Å². The van der Waals surface area contributed by atoms with Crippen LogP contribution in [-0.2, 0) is 5.79 Å². The molecule has 1 N–H and O–H groups in total. The Kier molecular flexibility index (Phi) is 2.87. The molecule has 2 aromatic rings. The average molecular weight is 325 g/mol. The van der Waals surface area contributed by atoms with Crippen molar-refractivity contribution in [2.24, 2.45) is 0 Å². The number of hydrogen-bond acceptors (Lipinski definition) is 5. The van der Waals surface area contributed by atoms with Crippen LogP contribution in [0.15, 0.2) is 36.4 Å². The number of carbonyl (C=O) groups is 1. The van der Waals surface area contributed by atoms with E-state index in [9.17, 15) is 20.0 Å². The predicted molar refractivity (Wildman–Crippen MR) is 85.2 cm³/mol. The van der Waals surface area contributed by atoms with Crippen molar-refractivity contribution in [2.45, 2.75) is 31.5 Å². The Morgan fingerprint density at radius 2 is 2.04 bits per heavy atom. The molecule has 0 amide bonds. The molecule has 1 heterocycles. The zero-order valence-corrected chi connectivity index (χ0v) is 13.1. The van der Waals surface area contributed by atoms with Crippen LogP contribution < -0.4 is 4.74 Å². The third-order valence-electron chi connectivity index (χ3n) is 4.81. The molecule has 0 radical (unpaired) electrons. The van der Waals surface area contributed by atoms with Gasteiger partial charge in [-0.05, 0) is 17.5 Å². The summed E-state index contributed by atoms with van der Waals surface area (Å²) in [5.74, 6) is -2.59. The molecular formula is C18H15NO5. The van der Waals surface area contributed by atoms with Crippen LogP contribution in [0.25, 0.3) is 0 Å². The minimum atomic E-state index is -1.88. The van der Waals surface area contributed by atoms with Gasteiger partial charge in [-0.1, -0.05) is 38.1 Å². The molecule has 0 spiro atoms. The lowest BCUT2D eigenvalue weighted by Gasteiger charge is -2.22. The maximum absolute atomic E-state index is 12.8. The fourth-order valence-electron chi connectivity index (χ4n) is 3.60. The van der Waals surface area contributed by atoms with Gasteiger partial charge in [0, 0.05) is 17.2 Å². The highest BCUT2D eigenvalue weighted by Gasteiger charge is 2.61. The van der Waals surface area contributed by atoms with Gasteiger partial charge in [0.15, 0.2) is 5.78 Å². The molecule has 1 aliphatic carbocycles. The Hall–Kier alpha value is -2.73. The molecule has 1 aliphatic heterocycles. The van der Waals surface area contributed by atoms with E-state index in [0.29, 0.717) is 11.3 Å². The Morgan fingerprint density at radius 1 is 1.29 bits per heavy atom. The Morgan fingerprint density at radius 3 is 2.71 bits per heavy atom. The summed E-state index contributed by atoms with van der Waals surface area (Å²) < 4.78 is 5.75. The van der Waals surface area contributed by atoms with Crippen LogP contribution in [0, 0.1) is 10.1 Å². The third kappa shape index (κ3) is 1.71. The van der Waals surface area contributed by atoms with Gasteiger partial charge in [-0.3, -0.25) is 14.9 Å². The molecule has 0 saturated heterocycles. The van der Waals surface area contributed by atoms with Crippen LogP contribution in [0.1, 0.15) is 52.7 Å². The van der Waals surface area contributed by atoms with E-state index in [1.807, 2.05) is 26.0 Å². The lowest BCUT2D eigenvalue weighted by atomic mass is 9.91. The number of hydrogen-bond donors (Lipinski definition) is 1. The zero-order valence-electron chi connectivity index (χ0n) is 13.1. The van der Waals surface area contributed by atoms with E-state index in [2.05, 4.69) is 0 Å². The second-order valence-electron chi connectivity index (χ2n) is 6.50. The number of aliphatic hydroxyl groups is 1. The topological polar surface area (TPSA) is 89.7 Å². The van der Waals surface area contributed by atoms with E-state index < -0.39 is 22.4 Å². The number of ketones is 1. The monoisotopic (exact) mass is 325 g/mol. The highest BCUT2D eigenvalue weighted by atomic mass is 16.6. The zero-order chi connectivity index (χ0) is 17.2. The van der Waals surface area contributed by atoms with Gasteiger partial charge in [0.25, 0.3) is 5.69 Å². The Bertz CT molecular complexity index is 904. The lowest BCUT2D eigenvalue weighted by Crippen LogP contribution is -2.32. The number of ether oxygens (including phenoxy) is 1. The fraction of sp³-hybridized carbons (Fsp3) is 0.278. The number of nitro benzene ring substituents is 1. The number of benzene rings is 2. The molecule has 2 unspecified atom stereocenters. The smallest absolute Gasteiger partial charge is 0.280 e. The summed E-state index contributed by atoms with van der Waals surface area (Å²) in [4.78, 5) is 23.5. The van der Waals surface area contributed by atoms with E-state index in [1.54, 1.807) is 6.07 Å².